The number of benzene rings is 1. The minimum Gasteiger partial charge on any atom is -0.535 e. The summed E-state index contributed by atoms with van der Waals surface area (Å²) < 4.78 is 10.9. The number of ether oxygens (including phenoxy) is 1. The summed E-state index contributed by atoms with van der Waals surface area (Å²) in [6.45, 7) is 1.65. The molecule has 2 N–H and O–H groups in total. The van der Waals surface area contributed by atoms with Gasteiger partial charge in [0.25, 0.3) is 0 Å². The van der Waals surface area contributed by atoms with Crippen molar-refractivity contribution in [2.45, 2.75) is 35.9 Å². The van der Waals surface area contributed by atoms with Crippen LogP contribution in [0.1, 0.15) is 41.1 Å². The predicted molar refractivity (Wildman–Crippen MR) is 87.4 cm³/mol. The van der Waals surface area contributed by atoms with Crippen LogP contribution < -0.4 is 4.65 Å². The van der Waals surface area contributed by atoms with Crippen molar-refractivity contribution in [3.63, 3.8) is 0 Å². The molecule has 1 aromatic carbocycles. The maximum Gasteiger partial charge on any atom is 0.526 e. The Hall–Kier alpha value is -1.18. The van der Waals surface area contributed by atoms with Crippen LogP contribution in [0.4, 0.5) is 0 Å². The Morgan fingerprint density at radius 1 is 1.43 bits per heavy atom. The van der Waals surface area contributed by atoms with E-state index in [1.165, 1.54) is 0 Å². The maximum atomic E-state index is 11.7. The Bertz CT molecular complexity index is 631. The average Bonchev–Trinajstić information content (AvgIpc) is 3.17. The van der Waals surface area contributed by atoms with Crippen molar-refractivity contribution in [3.05, 3.63) is 23.3 Å². The molecule has 3 atom stereocenters. The molecule has 0 amide bonds. The summed E-state index contributed by atoms with van der Waals surface area (Å²) in [5, 5.41) is 19.6. The largest absolute Gasteiger partial charge is 0.535 e. The highest BCUT2D eigenvalue weighted by Crippen LogP contribution is 2.60. The summed E-state index contributed by atoms with van der Waals surface area (Å²) in [5.74, 6) is 1.21. The molecule has 2 heterocycles. The molecule has 3 unspecified atom stereocenters. The molecule has 2 fully saturated rings. The van der Waals surface area contributed by atoms with E-state index in [1.54, 1.807) is 11.8 Å². The molecule has 1 aromatic rings. The number of carbonyl (C=O) groups is 1. The molecule has 0 bridgehead atoms. The molecule has 1 saturated heterocycles. The standard InChI is InChI=1S/C16H19BO5S/c18-16(19)14-13(23-6-4-9-3-5-21-8-9)2-1-10-11-7-12(11)17(20)22-15(10)14/h1-2,9,11-12,20H,3-8H2,(H,18,19). The number of carboxylic acid groups (broad SMARTS) is 1. The van der Waals surface area contributed by atoms with E-state index in [4.69, 9.17) is 9.39 Å². The first-order valence-electron chi connectivity index (χ1n) is 8.10. The van der Waals surface area contributed by atoms with Crippen molar-refractivity contribution in [2.75, 3.05) is 19.0 Å². The average molecular weight is 334 g/mol. The molecule has 4 rings (SSSR count). The third-order valence-corrected chi connectivity index (χ3v) is 6.11. The summed E-state index contributed by atoms with van der Waals surface area (Å²) >= 11 is 1.55. The van der Waals surface area contributed by atoms with Crippen LogP contribution in [0.25, 0.3) is 0 Å². The number of hydrogen-bond acceptors (Lipinski definition) is 5. The van der Waals surface area contributed by atoms with Gasteiger partial charge in [-0.15, -0.1) is 11.8 Å². The quantitative estimate of drug-likeness (QED) is 0.637. The zero-order chi connectivity index (χ0) is 16.0. The summed E-state index contributed by atoms with van der Waals surface area (Å²) in [7, 11) is -0.874. The second-order valence-electron chi connectivity index (χ2n) is 6.54. The van der Waals surface area contributed by atoms with Gasteiger partial charge in [0.1, 0.15) is 11.3 Å². The first kappa shape index (κ1) is 15.4. The van der Waals surface area contributed by atoms with Gasteiger partial charge in [0.15, 0.2) is 0 Å². The first-order chi connectivity index (χ1) is 11.1. The van der Waals surface area contributed by atoms with Gasteiger partial charge in [-0.1, -0.05) is 6.07 Å². The smallest absolute Gasteiger partial charge is 0.526 e. The second kappa shape index (κ2) is 6.04. The van der Waals surface area contributed by atoms with Gasteiger partial charge < -0.3 is 19.5 Å². The van der Waals surface area contributed by atoms with Crippen LogP contribution in [0.15, 0.2) is 17.0 Å². The Morgan fingerprint density at radius 2 is 2.30 bits per heavy atom. The van der Waals surface area contributed by atoms with Crippen LogP contribution in [-0.4, -0.2) is 42.2 Å². The molecular formula is C16H19BO5S. The predicted octanol–water partition coefficient (Wildman–Crippen LogP) is 2.63. The first-order valence-corrected chi connectivity index (χ1v) is 9.09. The van der Waals surface area contributed by atoms with E-state index >= 15 is 0 Å². The molecule has 23 heavy (non-hydrogen) atoms. The number of carboxylic acids is 1. The van der Waals surface area contributed by atoms with Crippen molar-refractivity contribution in [2.24, 2.45) is 5.92 Å². The van der Waals surface area contributed by atoms with Gasteiger partial charge in [0.05, 0.1) is 0 Å². The third-order valence-electron chi connectivity index (χ3n) is 5.02. The summed E-state index contributed by atoms with van der Waals surface area (Å²) in [5.41, 5.74) is 1.14. The van der Waals surface area contributed by atoms with Crippen molar-refractivity contribution in [3.8, 4) is 5.75 Å². The fraction of sp³-hybridized carbons (Fsp3) is 0.562. The fourth-order valence-corrected chi connectivity index (χ4v) is 4.72. The van der Waals surface area contributed by atoms with Gasteiger partial charge in [-0.05, 0) is 48.5 Å². The van der Waals surface area contributed by atoms with Gasteiger partial charge in [-0.2, -0.15) is 0 Å². The molecular weight excluding hydrogens is 315 g/mol. The number of aromatic carboxylic acids is 1. The van der Waals surface area contributed by atoms with Gasteiger partial charge in [0.2, 0.25) is 0 Å². The van der Waals surface area contributed by atoms with Crippen LogP contribution in [0, 0.1) is 5.92 Å². The molecule has 3 aliphatic rings. The minimum absolute atomic E-state index is 0.130. The topological polar surface area (TPSA) is 76.0 Å². The normalized spacial score (nSPS) is 28.0. The second-order valence-corrected chi connectivity index (χ2v) is 7.68. The van der Waals surface area contributed by atoms with E-state index in [0.29, 0.717) is 11.7 Å². The lowest BCUT2D eigenvalue weighted by Crippen LogP contribution is -2.27. The Balaban J connectivity index is 1.54. The van der Waals surface area contributed by atoms with Gasteiger partial charge in [0, 0.05) is 23.9 Å². The Kier molecular flexibility index (Phi) is 4.03. The zero-order valence-electron chi connectivity index (χ0n) is 12.7. The number of rotatable bonds is 5. The monoisotopic (exact) mass is 334 g/mol. The lowest BCUT2D eigenvalue weighted by molar-refractivity contribution is 0.0690. The maximum absolute atomic E-state index is 11.7. The Morgan fingerprint density at radius 3 is 3.04 bits per heavy atom. The van der Waals surface area contributed by atoms with Crippen LogP contribution in [0.5, 0.6) is 5.75 Å². The highest BCUT2D eigenvalue weighted by molar-refractivity contribution is 7.99. The van der Waals surface area contributed by atoms with Crippen LogP contribution >= 0.6 is 11.8 Å². The van der Waals surface area contributed by atoms with Crippen LogP contribution in [0.3, 0.4) is 0 Å². The van der Waals surface area contributed by atoms with E-state index in [1.807, 2.05) is 12.1 Å². The van der Waals surface area contributed by atoms with Crippen molar-refractivity contribution < 1.29 is 24.3 Å². The van der Waals surface area contributed by atoms with Crippen molar-refractivity contribution in [1.29, 1.82) is 0 Å². The van der Waals surface area contributed by atoms with Gasteiger partial charge >= 0.3 is 13.1 Å². The number of thioether (sulfide) groups is 1. The van der Waals surface area contributed by atoms with E-state index in [9.17, 15) is 14.9 Å². The van der Waals surface area contributed by atoms with E-state index in [0.717, 1.165) is 48.7 Å². The zero-order valence-corrected chi connectivity index (χ0v) is 13.6. The lowest BCUT2D eigenvalue weighted by Gasteiger charge is -2.22. The molecule has 1 saturated carbocycles. The van der Waals surface area contributed by atoms with Crippen molar-refractivity contribution >= 4 is 24.8 Å². The molecule has 5 nitrogen and oxygen atoms in total. The lowest BCUT2D eigenvalue weighted by atomic mass is 9.77. The van der Waals surface area contributed by atoms with E-state index in [-0.39, 0.29) is 17.3 Å². The SMILES string of the molecule is O=C(O)c1c(SCCC2CCOC2)ccc2c1OB(O)C1CC21. The third kappa shape index (κ3) is 2.86. The molecule has 122 valence electrons. The highest BCUT2D eigenvalue weighted by atomic mass is 32.2. The minimum atomic E-state index is -0.986. The van der Waals surface area contributed by atoms with Crippen LogP contribution in [0.2, 0.25) is 5.82 Å². The van der Waals surface area contributed by atoms with E-state index in [2.05, 4.69) is 0 Å². The van der Waals surface area contributed by atoms with Crippen LogP contribution in [-0.2, 0) is 4.74 Å². The molecule has 0 spiro atoms. The Labute approximate surface area is 139 Å². The van der Waals surface area contributed by atoms with Gasteiger partial charge in [-0.25, -0.2) is 4.79 Å². The summed E-state index contributed by atoms with van der Waals surface area (Å²) in [4.78, 5) is 12.5. The number of hydrogen-bond donors (Lipinski definition) is 2. The highest BCUT2D eigenvalue weighted by Gasteiger charge is 2.54. The number of fused-ring (bicyclic) bond motifs is 3. The summed E-state index contributed by atoms with van der Waals surface area (Å²) in [6.07, 6.45) is 2.99. The van der Waals surface area contributed by atoms with Gasteiger partial charge in [-0.3, -0.25) is 0 Å². The van der Waals surface area contributed by atoms with Crippen molar-refractivity contribution in [1.82, 2.24) is 0 Å². The fourth-order valence-electron chi connectivity index (χ4n) is 3.56. The molecule has 0 radical (unpaired) electrons. The molecule has 7 heteroatoms. The molecule has 2 aliphatic heterocycles. The molecule has 1 aliphatic carbocycles. The molecule has 0 aromatic heterocycles. The van der Waals surface area contributed by atoms with E-state index < -0.39 is 13.1 Å². The summed E-state index contributed by atoms with van der Waals surface area (Å²) in [6, 6.07) is 3.87.